The molecular formula is C17H28N2. The van der Waals surface area contributed by atoms with Gasteiger partial charge in [0.05, 0.1) is 0 Å². The maximum Gasteiger partial charge on any atom is 0.0499 e. The maximum absolute atomic E-state index is 6.44. The third kappa shape index (κ3) is 3.80. The summed E-state index contributed by atoms with van der Waals surface area (Å²) in [6.45, 7) is 6.77. The van der Waals surface area contributed by atoms with E-state index in [0.717, 1.165) is 6.42 Å². The molecule has 1 fully saturated rings. The molecule has 0 bridgehead atoms. The van der Waals surface area contributed by atoms with Crippen molar-refractivity contribution in [3.63, 3.8) is 0 Å². The number of rotatable bonds is 4. The third-order valence-electron chi connectivity index (χ3n) is 4.29. The second-order valence-corrected chi connectivity index (χ2v) is 5.88. The number of likely N-dealkylation sites (tertiary alicyclic amines) is 1. The van der Waals surface area contributed by atoms with Crippen molar-refractivity contribution in [2.45, 2.75) is 58.0 Å². The van der Waals surface area contributed by atoms with E-state index in [0.29, 0.717) is 6.04 Å². The highest BCUT2D eigenvalue weighted by Crippen LogP contribution is 2.28. The predicted octanol–water partition coefficient (Wildman–Crippen LogP) is 3.65. The van der Waals surface area contributed by atoms with Crippen LogP contribution in [0.25, 0.3) is 0 Å². The van der Waals surface area contributed by atoms with E-state index >= 15 is 0 Å². The zero-order valence-corrected chi connectivity index (χ0v) is 12.4. The molecule has 1 aromatic carbocycles. The molecule has 1 aromatic rings. The molecule has 0 spiro atoms. The Bertz CT molecular complexity index is 381. The molecule has 1 aliphatic rings. The Morgan fingerprint density at radius 2 is 1.84 bits per heavy atom. The van der Waals surface area contributed by atoms with E-state index in [9.17, 15) is 0 Å². The maximum atomic E-state index is 6.44. The average molecular weight is 260 g/mol. The summed E-state index contributed by atoms with van der Waals surface area (Å²) in [6, 6.07) is 9.52. The zero-order valence-electron chi connectivity index (χ0n) is 12.4. The number of hydrogen-bond donors (Lipinski definition) is 1. The number of hydrogen-bond acceptors (Lipinski definition) is 2. The SMILES string of the molecule is CCC(N)C(c1cccc(C)c1)N1CCCCCC1. The third-order valence-corrected chi connectivity index (χ3v) is 4.29. The molecule has 2 nitrogen and oxygen atoms in total. The molecule has 2 N–H and O–H groups in total. The van der Waals surface area contributed by atoms with E-state index < -0.39 is 0 Å². The minimum absolute atomic E-state index is 0.236. The van der Waals surface area contributed by atoms with Crippen LogP contribution >= 0.6 is 0 Å². The van der Waals surface area contributed by atoms with Gasteiger partial charge in [0, 0.05) is 12.1 Å². The van der Waals surface area contributed by atoms with Crippen molar-refractivity contribution < 1.29 is 0 Å². The Kier molecular flexibility index (Phi) is 5.41. The highest BCUT2D eigenvalue weighted by molar-refractivity contribution is 5.26. The van der Waals surface area contributed by atoms with Crippen LogP contribution in [0.3, 0.4) is 0 Å². The van der Waals surface area contributed by atoms with Gasteiger partial charge in [-0.2, -0.15) is 0 Å². The molecular weight excluding hydrogens is 232 g/mol. The second-order valence-electron chi connectivity index (χ2n) is 5.88. The lowest BCUT2D eigenvalue weighted by atomic mass is 9.95. The van der Waals surface area contributed by atoms with Gasteiger partial charge in [0.25, 0.3) is 0 Å². The fourth-order valence-electron chi connectivity index (χ4n) is 3.18. The van der Waals surface area contributed by atoms with Crippen LogP contribution in [0.15, 0.2) is 24.3 Å². The minimum atomic E-state index is 0.236. The van der Waals surface area contributed by atoms with Crippen LogP contribution in [0.4, 0.5) is 0 Å². The van der Waals surface area contributed by atoms with Gasteiger partial charge in [0.2, 0.25) is 0 Å². The lowest BCUT2D eigenvalue weighted by Gasteiger charge is -2.35. The normalized spacial score (nSPS) is 20.8. The highest BCUT2D eigenvalue weighted by Gasteiger charge is 2.26. The fraction of sp³-hybridized carbons (Fsp3) is 0.647. The monoisotopic (exact) mass is 260 g/mol. The van der Waals surface area contributed by atoms with Crippen LogP contribution in [0, 0.1) is 6.92 Å². The Morgan fingerprint density at radius 3 is 2.42 bits per heavy atom. The van der Waals surface area contributed by atoms with Gasteiger partial charge in [0.15, 0.2) is 0 Å². The van der Waals surface area contributed by atoms with Crippen LogP contribution < -0.4 is 5.73 Å². The van der Waals surface area contributed by atoms with E-state index in [1.54, 1.807) is 0 Å². The molecule has 1 heterocycles. The topological polar surface area (TPSA) is 29.3 Å². The molecule has 1 saturated heterocycles. The molecule has 0 radical (unpaired) electrons. The standard InChI is InChI=1S/C17H28N2/c1-3-16(18)17(15-10-8-9-14(2)13-15)19-11-6-4-5-7-12-19/h8-10,13,16-17H,3-7,11-12,18H2,1-2H3. The summed E-state index contributed by atoms with van der Waals surface area (Å²) in [5.41, 5.74) is 9.17. The van der Waals surface area contributed by atoms with Gasteiger partial charge in [-0.25, -0.2) is 0 Å². The van der Waals surface area contributed by atoms with E-state index in [-0.39, 0.29) is 6.04 Å². The first-order valence-electron chi connectivity index (χ1n) is 7.78. The van der Waals surface area contributed by atoms with E-state index in [1.807, 2.05) is 0 Å². The van der Waals surface area contributed by atoms with Crippen molar-refractivity contribution >= 4 is 0 Å². The number of nitrogens with two attached hydrogens (primary N) is 1. The summed E-state index contributed by atoms with van der Waals surface area (Å²) in [6.07, 6.45) is 6.42. The molecule has 0 aromatic heterocycles. The summed E-state index contributed by atoms with van der Waals surface area (Å²) >= 11 is 0. The van der Waals surface area contributed by atoms with E-state index in [1.165, 1.54) is 49.9 Å². The number of benzene rings is 1. The van der Waals surface area contributed by atoms with E-state index in [2.05, 4.69) is 43.0 Å². The molecule has 2 rings (SSSR count). The lowest BCUT2D eigenvalue weighted by Crippen LogP contribution is -2.41. The van der Waals surface area contributed by atoms with Gasteiger partial charge in [-0.05, 0) is 44.8 Å². The van der Waals surface area contributed by atoms with Crippen LogP contribution in [0.1, 0.15) is 56.2 Å². The molecule has 2 atom stereocenters. The first kappa shape index (κ1) is 14.5. The molecule has 19 heavy (non-hydrogen) atoms. The Balaban J connectivity index is 2.24. The van der Waals surface area contributed by atoms with Crippen LogP contribution in [0.5, 0.6) is 0 Å². The van der Waals surface area contributed by atoms with Gasteiger partial charge in [-0.3, -0.25) is 4.90 Å². The van der Waals surface area contributed by atoms with Crippen molar-refractivity contribution in [2.75, 3.05) is 13.1 Å². The molecule has 2 heteroatoms. The summed E-state index contributed by atoms with van der Waals surface area (Å²) in [5.74, 6) is 0. The van der Waals surface area contributed by atoms with Crippen LogP contribution in [-0.2, 0) is 0 Å². The first-order valence-corrected chi connectivity index (χ1v) is 7.78. The summed E-state index contributed by atoms with van der Waals surface area (Å²) in [7, 11) is 0. The predicted molar refractivity (Wildman–Crippen MR) is 82.2 cm³/mol. The highest BCUT2D eigenvalue weighted by atomic mass is 15.2. The van der Waals surface area contributed by atoms with Crippen molar-refractivity contribution in [2.24, 2.45) is 5.73 Å². The molecule has 0 saturated carbocycles. The molecule has 0 amide bonds. The Hall–Kier alpha value is -0.860. The van der Waals surface area contributed by atoms with Gasteiger partial charge >= 0.3 is 0 Å². The molecule has 2 unspecified atom stereocenters. The van der Waals surface area contributed by atoms with Gasteiger partial charge in [-0.15, -0.1) is 0 Å². The fourth-order valence-corrected chi connectivity index (χ4v) is 3.18. The second kappa shape index (κ2) is 7.06. The largest absolute Gasteiger partial charge is 0.326 e. The molecule has 1 aliphatic heterocycles. The zero-order chi connectivity index (χ0) is 13.7. The number of nitrogens with zero attached hydrogens (tertiary/aromatic N) is 1. The summed E-state index contributed by atoms with van der Waals surface area (Å²) in [5, 5.41) is 0. The number of aryl methyl sites for hydroxylation is 1. The molecule has 106 valence electrons. The van der Waals surface area contributed by atoms with Gasteiger partial charge in [-0.1, -0.05) is 49.6 Å². The lowest BCUT2D eigenvalue weighted by molar-refractivity contribution is 0.175. The van der Waals surface area contributed by atoms with Crippen molar-refractivity contribution in [3.05, 3.63) is 35.4 Å². The van der Waals surface area contributed by atoms with E-state index in [4.69, 9.17) is 5.73 Å². The van der Waals surface area contributed by atoms with Crippen LogP contribution in [0.2, 0.25) is 0 Å². The summed E-state index contributed by atoms with van der Waals surface area (Å²) in [4.78, 5) is 2.62. The molecule has 0 aliphatic carbocycles. The van der Waals surface area contributed by atoms with Crippen molar-refractivity contribution in [1.29, 1.82) is 0 Å². The van der Waals surface area contributed by atoms with Gasteiger partial charge < -0.3 is 5.73 Å². The van der Waals surface area contributed by atoms with Crippen LogP contribution in [-0.4, -0.2) is 24.0 Å². The first-order chi connectivity index (χ1) is 9.22. The summed E-state index contributed by atoms with van der Waals surface area (Å²) < 4.78 is 0. The Labute approximate surface area is 118 Å². The Morgan fingerprint density at radius 1 is 1.16 bits per heavy atom. The quantitative estimate of drug-likeness (QED) is 0.895. The smallest absolute Gasteiger partial charge is 0.0499 e. The van der Waals surface area contributed by atoms with Crippen molar-refractivity contribution in [3.8, 4) is 0 Å². The average Bonchev–Trinajstić information content (AvgIpc) is 2.68. The van der Waals surface area contributed by atoms with Gasteiger partial charge in [0.1, 0.15) is 0 Å². The minimum Gasteiger partial charge on any atom is -0.326 e. The van der Waals surface area contributed by atoms with Crippen molar-refractivity contribution in [1.82, 2.24) is 4.90 Å².